The molecule has 0 spiro atoms. The van der Waals surface area contributed by atoms with Crippen LogP contribution < -0.4 is 11.1 Å². The number of fused-ring (bicyclic) bond motifs is 1. The Balaban J connectivity index is 1.81. The van der Waals surface area contributed by atoms with E-state index in [1.165, 1.54) is 5.56 Å². The van der Waals surface area contributed by atoms with E-state index >= 15 is 0 Å². The van der Waals surface area contributed by atoms with Crippen LogP contribution in [0.15, 0.2) is 36.5 Å². The van der Waals surface area contributed by atoms with Crippen LogP contribution in [0.1, 0.15) is 35.4 Å². The molecular formula is C17H19N3O. The molecule has 0 radical (unpaired) electrons. The fourth-order valence-electron chi connectivity index (χ4n) is 2.87. The van der Waals surface area contributed by atoms with E-state index in [0.717, 1.165) is 30.4 Å². The maximum absolute atomic E-state index is 12.5. The number of pyridine rings is 1. The molecule has 3 N–H and O–H groups in total. The van der Waals surface area contributed by atoms with Crippen LogP contribution >= 0.6 is 0 Å². The monoisotopic (exact) mass is 281 g/mol. The summed E-state index contributed by atoms with van der Waals surface area (Å²) in [5.41, 5.74) is 9.74. The van der Waals surface area contributed by atoms with Crippen LogP contribution in [0.5, 0.6) is 0 Å². The lowest BCUT2D eigenvalue weighted by Gasteiger charge is -2.24. The molecule has 108 valence electrons. The molecule has 3 rings (SSSR count). The van der Waals surface area contributed by atoms with Crippen LogP contribution in [0.4, 0.5) is 11.5 Å². The molecule has 2 aromatic rings. The van der Waals surface area contributed by atoms with Crippen molar-refractivity contribution in [3.63, 3.8) is 0 Å². The summed E-state index contributed by atoms with van der Waals surface area (Å²) in [5.74, 6) is 0.489. The fourth-order valence-corrected chi connectivity index (χ4v) is 2.87. The van der Waals surface area contributed by atoms with Gasteiger partial charge in [-0.2, -0.15) is 0 Å². The summed E-state index contributed by atoms with van der Waals surface area (Å²) in [5, 5.41) is 2.91. The van der Waals surface area contributed by atoms with Crippen molar-refractivity contribution in [3.05, 3.63) is 53.2 Å². The van der Waals surface area contributed by atoms with E-state index in [9.17, 15) is 4.79 Å². The van der Waals surface area contributed by atoms with Gasteiger partial charge in [0.1, 0.15) is 5.82 Å². The molecule has 1 aliphatic carbocycles. The van der Waals surface area contributed by atoms with Crippen molar-refractivity contribution in [1.82, 2.24) is 4.98 Å². The summed E-state index contributed by atoms with van der Waals surface area (Å²) >= 11 is 0. The Labute approximate surface area is 124 Å². The van der Waals surface area contributed by atoms with Crippen LogP contribution in [0.25, 0.3) is 0 Å². The van der Waals surface area contributed by atoms with Crippen LogP contribution in [0, 0.1) is 6.92 Å². The third-order valence-electron chi connectivity index (χ3n) is 4.09. The number of anilines is 2. The molecule has 0 bridgehead atoms. The van der Waals surface area contributed by atoms with Gasteiger partial charge < -0.3 is 11.1 Å². The molecule has 1 amide bonds. The normalized spacial score (nSPS) is 17.1. The highest BCUT2D eigenvalue weighted by atomic mass is 16.1. The van der Waals surface area contributed by atoms with E-state index < -0.39 is 0 Å². The molecule has 1 unspecified atom stereocenters. The molecule has 21 heavy (non-hydrogen) atoms. The molecule has 4 nitrogen and oxygen atoms in total. The lowest BCUT2D eigenvalue weighted by molar-refractivity contribution is -0.117. The molecule has 1 aromatic heterocycles. The average Bonchev–Trinajstić information content (AvgIpc) is 2.50. The van der Waals surface area contributed by atoms with E-state index in [1.807, 2.05) is 25.1 Å². The highest BCUT2D eigenvalue weighted by Gasteiger charge is 2.26. The van der Waals surface area contributed by atoms with Gasteiger partial charge in [0.2, 0.25) is 5.91 Å². The van der Waals surface area contributed by atoms with E-state index in [-0.39, 0.29) is 11.8 Å². The quantitative estimate of drug-likeness (QED) is 0.889. The Bertz CT molecular complexity index is 681. The highest BCUT2D eigenvalue weighted by Crippen LogP contribution is 2.32. The number of amides is 1. The van der Waals surface area contributed by atoms with Gasteiger partial charge in [0.15, 0.2) is 0 Å². The molecule has 0 aliphatic heterocycles. The van der Waals surface area contributed by atoms with Crippen LogP contribution in [-0.2, 0) is 11.2 Å². The van der Waals surface area contributed by atoms with E-state index in [1.54, 1.807) is 6.20 Å². The first-order chi connectivity index (χ1) is 10.1. The minimum absolute atomic E-state index is 0.0128. The number of rotatable bonds is 2. The first-order valence-corrected chi connectivity index (χ1v) is 7.26. The molecule has 1 aliphatic rings. The highest BCUT2D eigenvalue weighted by molar-refractivity contribution is 5.95. The predicted molar refractivity (Wildman–Crippen MR) is 84.1 cm³/mol. The van der Waals surface area contributed by atoms with Gasteiger partial charge in [0.25, 0.3) is 0 Å². The summed E-state index contributed by atoms with van der Waals surface area (Å²) in [6, 6.07) is 10.0. The summed E-state index contributed by atoms with van der Waals surface area (Å²) in [4.78, 5) is 16.7. The molecule has 1 heterocycles. The summed E-state index contributed by atoms with van der Waals surface area (Å²) in [6.07, 6.45) is 4.57. The van der Waals surface area contributed by atoms with E-state index in [0.29, 0.717) is 11.5 Å². The summed E-state index contributed by atoms with van der Waals surface area (Å²) in [7, 11) is 0. The number of benzene rings is 1. The molecular weight excluding hydrogens is 262 g/mol. The smallest absolute Gasteiger partial charge is 0.233 e. The first kappa shape index (κ1) is 13.6. The average molecular weight is 281 g/mol. The van der Waals surface area contributed by atoms with Gasteiger partial charge in [0, 0.05) is 0 Å². The molecule has 1 atom stereocenters. The van der Waals surface area contributed by atoms with Crippen molar-refractivity contribution in [2.45, 2.75) is 32.1 Å². The number of carbonyl (C=O) groups excluding carboxylic acids is 1. The summed E-state index contributed by atoms with van der Waals surface area (Å²) < 4.78 is 0. The third kappa shape index (κ3) is 2.75. The van der Waals surface area contributed by atoms with Gasteiger partial charge >= 0.3 is 0 Å². The van der Waals surface area contributed by atoms with Crippen LogP contribution in [0.2, 0.25) is 0 Å². The second kappa shape index (κ2) is 5.56. The number of hydrogen-bond donors (Lipinski definition) is 2. The van der Waals surface area contributed by atoms with Gasteiger partial charge in [0.05, 0.1) is 17.8 Å². The second-order valence-electron chi connectivity index (χ2n) is 5.56. The number of carbonyl (C=O) groups is 1. The Morgan fingerprint density at radius 2 is 2.19 bits per heavy atom. The molecule has 0 saturated heterocycles. The van der Waals surface area contributed by atoms with Gasteiger partial charge in [-0.3, -0.25) is 4.79 Å². The van der Waals surface area contributed by atoms with E-state index in [4.69, 9.17) is 5.73 Å². The largest absolute Gasteiger partial charge is 0.397 e. The number of nitrogens with zero attached hydrogens (tertiary/aromatic N) is 1. The van der Waals surface area contributed by atoms with Gasteiger partial charge in [-0.05, 0) is 48.9 Å². The number of nitrogens with one attached hydrogen (secondary N) is 1. The van der Waals surface area contributed by atoms with Crippen molar-refractivity contribution < 1.29 is 4.79 Å². The lowest BCUT2D eigenvalue weighted by Crippen LogP contribution is -2.25. The fraction of sp³-hybridized carbons (Fsp3) is 0.294. The Morgan fingerprint density at radius 3 is 3.00 bits per heavy atom. The zero-order chi connectivity index (χ0) is 14.8. The van der Waals surface area contributed by atoms with Gasteiger partial charge in [-0.1, -0.05) is 24.3 Å². The molecule has 1 aromatic carbocycles. The second-order valence-corrected chi connectivity index (χ2v) is 5.56. The molecule has 4 heteroatoms. The zero-order valence-electron chi connectivity index (χ0n) is 12.1. The van der Waals surface area contributed by atoms with Crippen molar-refractivity contribution in [2.75, 3.05) is 11.1 Å². The van der Waals surface area contributed by atoms with Gasteiger partial charge in [-0.25, -0.2) is 4.98 Å². The van der Waals surface area contributed by atoms with Crippen LogP contribution in [-0.4, -0.2) is 10.9 Å². The minimum Gasteiger partial charge on any atom is -0.397 e. The van der Waals surface area contributed by atoms with Crippen molar-refractivity contribution >= 4 is 17.4 Å². The SMILES string of the molecule is Cc1cc(NC(=O)C2CCCc3ccccc32)ncc1N. The van der Waals surface area contributed by atoms with Gasteiger partial charge in [-0.15, -0.1) is 0 Å². The maximum atomic E-state index is 12.5. The number of nitrogen functional groups attached to an aromatic ring is 1. The van der Waals surface area contributed by atoms with E-state index in [2.05, 4.69) is 22.4 Å². The topological polar surface area (TPSA) is 68.0 Å². The number of hydrogen-bond acceptors (Lipinski definition) is 3. The Hall–Kier alpha value is -2.36. The summed E-state index contributed by atoms with van der Waals surface area (Å²) in [6.45, 7) is 1.91. The molecule has 0 fully saturated rings. The zero-order valence-corrected chi connectivity index (χ0v) is 12.1. The van der Waals surface area contributed by atoms with Crippen molar-refractivity contribution in [3.8, 4) is 0 Å². The maximum Gasteiger partial charge on any atom is 0.233 e. The standard InChI is InChI=1S/C17H19N3O/c1-11-9-16(19-10-15(11)18)20-17(21)14-8-4-6-12-5-2-3-7-13(12)14/h2-3,5,7,9-10,14H,4,6,8,18H2,1H3,(H,19,20,21). The number of nitrogens with two attached hydrogens (primary N) is 1. The number of aryl methyl sites for hydroxylation is 2. The predicted octanol–water partition coefficient (Wildman–Crippen LogP) is 3.03. The Morgan fingerprint density at radius 1 is 1.38 bits per heavy atom. The Kier molecular flexibility index (Phi) is 3.60. The first-order valence-electron chi connectivity index (χ1n) is 7.26. The molecule has 0 saturated carbocycles. The van der Waals surface area contributed by atoms with Crippen molar-refractivity contribution in [1.29, 1.82) is 0 Å². The third-order valence-corrected chi connectivity index (χ3v) is 4.09. The lowest BCUT2D eigenvalue weighted by atomic mass is 9.82. The number of aromatic nitrogens is 1. The minimum atomic E-state index is -0.0883. The van der Waals surface area contributed by atoms with Crippen LogP contribution in [0.3, 0.4) is 0 Å². The van der Waals surface area contributed by atoms with Crippen molar-refractivity contribution in [2.24, 2.45) is 0 Å².